The second-order valence-electron chi connectivity index (χ2n) is 5.83. The first-order valence-corrected chi connectivity index (χ1v) is 9.09. The highest BCUT2D eigenvalue weighted by Crippen LogP contribution is 2.32. The molecule has 0 atom stereocenters. The molecule has 0 spiro atoms. The number of nitrogens with one attached hydrogen (secondary N) is 1. The summed E-state index contributed by atoms with van der Waals surface area (Å²) in [6, 6.07) is 10.5. The Morgan fingerprint density at radius 2 is 2.00 bits per heavy atom. The molecule has 142 valence electrons. The summed E-state index contributed by atoms with van der Waals surface area (Å²) in [5, 5.41) is 5.11. The van der Waals surface area contributed by atoms with E-state index in [1.54, 1.807) is 18.2 Å². The molecule has 0 aromatic heterocycles. The normalized spacial score (nSPS) is 12.8. The van der Waals surface area contributed by atoms with Crippen LogP contribution in [0.15, 0.2) is 41.5 Å². The minimum absolute atomic E-state index is 0.194. The minimum atomic E-state index is -0.194. The lowest BCUT2D eigenvalue weighted by Gasteiger charge is -2.08. The third kappa shape index (κ3) is 5.28. The number of hydrogen-bond donors (Lipinski definition) is 1. The third-order valence-corrected chi connectivity index (χ3v) is 4.37. The van der Waals surface area contributed by atoms with E-state index < -0.39 is 0 Å². The first-order chi connectivity index (χ1) is 13.0. The largest absolute Gasteiger partial charge is 0.492 e. The summed E-state index contributed by atoms with van der Waals surface area (Å²) in [5.41, 5.74) is 4.06. The van der Waals surface area contributed by atoms with E-state index in [0.29, 0.717) is 46.0 Å². The summed E-state index contributed by atoms with van der Waals surface area (Å²) in [6.45, 7) is 2.39. The second kappa shape index (κ2) is 8.97. The van der Waals surface area contributed by atoms with Crippen LogP contribution in [0.4, 0.5) is 0 Å². The van der Waals surface area contributed by atoms with Gasteiger partial charge >= 0.3 is 0 Å². The zero-order valence-electron chi connectivity index (χ0n) is 14.6. The monoisotopic (exact) mass is 408 g/mol. The van der Waals surface area contributed by atoms with Crippen molar-refractivity contribution in [2.24, 2.45) is 5.10 Å². The summed E-state index contributed by atoms with van der Waals surface area (Å²) >= 11 is 11.9. The molecule has 1 aliphatic heterocycles. The van der Waals surface area contributed by atoms with Crippen molar-refractivity contribution in [1.29, 1.82) is 0 Å². The van der Waals surface area contributed by atoms with E-state index in [1.165, 1.54) is 0 Å². The van der Waals surface area contributed by atoms with Gasteiger partial charge in [-0.1, -0.05) is 23.2 Å². The topological polar surface area (TPSA) is 69.2 Å². The number of amides is 1. The summed E-state index contributed by atoms with van der Waals surface area (Å²) in [5.74, 6) is 1.72. The highest BCUT2D eigenvalue weighted by molar-refractivity contribution is 6.35. The number of fused-ring (bicyclic) bond motifs is 1. The van der Waals surface area contributed by atoms with Crippen LogP contribution in [0.1, 0.15) is 25.3 Å². The van der Waals surface area contributed by atoms with E-state index in [4.69, 9.17) is 37.4 Å². The lowest BCUT2D eigenvalue weighted by molar-refractivity contribution is -0.121. The van der Waals surface area contributed by atoms with Crippen molar-refractivity contribution in [1.82, 2.24) is 5.43 Å². The van der Waals surface area contributed by atoms with E-state index in [2.05, 4.69) is 10.5 Å². The minimum Gasteiger partial charge on any atom is -0.492 e. The smallest absolute Gasteiger partial charge is 0.240 e. The summed E-state index contributed by atoms with van der Waals surface area (Å²) in [6.07, 6.45) is 0.812. The molecule has 0 fully saturated rings. The highest BCUT2D eigenvalue weighted by atomic mass is 35.5. The summed E-state index contributed by atoms with van der Waals surface area (Å²) in [7, 11) is 0. The molecule has 3 rings (SSSR count). The quantitative estimate of drug-likeness (QED) is 0.418. The van der Waals surface area contributed by atoms with Crippen LogP contribution in [-0.4, -0.2) is 25.0 Å². The van der Waals surface area contributed by atoms with Crippen molar-refractivity contribution in [3.8, 4) is 17.2 Å². The average molecular weight is 409 g/mol. The number of carbonyl (C=O) groups excluding carboxylic acids is 1. The van der Waals surface area contributed by atoms with Crippen molar-refractivity contribution in [2.75, 3.05) is 13.4 Å². The molecule has 1 aliphatic rings. The Kier molecular flexibility index (Phi) is 6.42. The molecular formula is C19H18Cl2N2O4. The van der Waals surface area contributed by atoms with Crippen LogP contribution in [0.3, 0.4) is 0 Å². The van der Waals surface area contributed by atoms with Crippen LogP contribution in [-0.2, 0) is 4.79 Å². The van der Waals surface area contributed by atoms with Crippen molar-refractivity contribution in [2.45, 2.75) is 19.8 Å². The van der Waals surface area contributed by atoms with Crippen LogP contribution in [0.5, 0.6) is 17.2 Å². The van der Waals surface area contributed by atoms with Crippen LogP contribution in [0.2, 0.25) is 10.0 Å². The number of benzene rings is 2. The van der Waals surface area contributed by atoms with Crippen molar-refractivity contribution >= 4 is 34.8 Å². The zero-order chi connectivity index (χ0) is 19.2. The molecule has 1 N–H and O–H groups in total. The molecule has 0 radical (unpaired) electrons. The van der Waals surface area contributed by atoms with E-state index >= 15 is 0 Å². The summed E-state index contributed by atoms with van der Waals surface area (Å²) < 4.78 is 16.2. The Labute approximate surface area is 167 Å². The van der Waals surface area contributed by atoms with Crippen LogP contribution >= 0.6 is 23.2 Å². The van der Waals surface area contributed by atoms with Gasteiger partial charge in [0.25, 0.3) is 0 Å². The predicted octanol–water partition coefficient (Wildman–Crippen LogP) is 4.42. The zero-order valence-corrected chi connectivity index (χ0v) is 16.1. The van der Waals surface area contributed by atoms with Gasteiger partial charge in [0, 0.05) is 17.0 Å². The number of hydrazone groups is 1. The van der Waals surface area contributed by atoms with E-state index in [9.17, 15) is 4.79 Å². The Morgan fingerprint density at radius 3 is 2.81 bits per heavy atom. The number of hydrogen-bond acceptors (Lipinski definition) is 5. The molecule has 0 bridgehead atoms. The van der Waals surface area contributed by atoms with Crippen LogP contribution in [0.25, 0.3) is 0 Å². The van der Waals surface area contributed by atoms with Gasteiger partial charge < -0.3 is 14.2 Å². The standard InChI is InChI=1S/C19H18Cl2N2O4/c1-12(13-4-6-17-18(9-13)27-11-26-17)22-23-19(24)3-2-8-25-16-7-5-14(20)10-15(16)21/h4-7,9-10H,2-3,8,11H2,1H3,(H,23,24)/b22-12+. The molecule has 2 aromatic carbocycles. The molecule has 1 heterocycles. The first-order valence-electron chi connectivity index (χ1n) is 8.34. The fourth-order valence-corrected chi connectivity index (χ4v) is 2.86. The predicted molar refractivity (Wildman–Crippen MR) is 104 cm³/mol. The van der Waals surface area contributed by atoms with Gasteiger partial charge in [0.2, 0.25) is 12.7 Å². The Hall–Kier alpha value is -2.44. The van der Waals surface area contributed by atoms with Crippen molar-refractivity contribution in [3.05, 3.63) is 52.0 Å². The van der Waals surface area contributed by atoms with Crippen LogP contribution < -0.4 is 19.6 Å². The number of rotatable bonds is 7. The van der Waals surface area contributed by atoms with E-state index in [-0.39, 0.29) is 19.1 Å². The lowest BCUT2D eigenvalue weighted by Crippen LogP contribution is -2.19. The maximum atomic E-state index is 11.9. The molecule has 2 aromatic rings. The molecule has 27 heavy (non-hydrogen) atoms. The number of nitrogens with zero attached hydrogens (tertiary/aromatic N) is 1. The SMILES string of the molecule is C/C(=N\NC(=O)CCCOc1ccc(Cl)cc1Cl)c1ccc2c(c1)OCO2. The van der Waals surface area contributed by atoms with Gasteiger partial charge in [-0.05, 0) is 49.7 Å². The highest BCUT2D eigenvalue weighted by Gasteiger charge is 2.14. The van der Waals surface area contributed by atoms with Crippen molar-refractivity contribution < 1.29 is 19.0 Å². The van der Waals surface area contributed by atoms with Crippen LogP contribution in [0, 0.1) is 0 Å². The summed E-state index contributed by atoms with van der Waals surface area (Å²) in [4.78, 5) is 11.9. The number of ether oxygens (including phenoxy) is 3. The Bertz CT molecular complexity index is 871. The van der Waals surface area contributed by atoms with Gasteiger partial charge in [-0.2, -0.15) is 5.10 Å². The number of carbonyl (C=O) groups is 1. The molecule has 6 nitrogen and oxygen atoms in total. The molecule has 0 unspecified atom stereocenters. The van der Waals surface area contributed by atoms with Gasteiger partial charge in [0.05, 0.1) is 17.3 Å². The van der Waals surface area contributed by atoms with Gasteiger partial charge in [-0.25, -0.2) is 5.43 Å². The molecule has 0 saturated heterocycles. The fourth-order valence-electron chi connectivity index (χ4n) is 2.40. The second-order valence-corrected chi connectivity index (χ2v) is 6.67. The molecule has 0 saturated carbocycles. The van der Waals surface area contributed by atoms with E-state index in [1.807, 2.05) is 25.1 Å². The molecule has 1 amide bonds. The maximum absolute atomic E-state index is 11.9. The molecule has 8 heteroatoms. The van der Waals surface area contributed by atoms with E-state index in [0.717, 1.165) is 5.56 Å². The maximum Gasteiger partial charge on any atom is 0.240 e. The van der Waals surface area contributed by atoms with Gasteiger partial charge in [-0.15, -0.1) is 0 Å². The Balaban J connectivity index is 1.43. The fraction of sp³-hybridized carbons (Fsp3) is 0.263. The Morgan fingerprint density at radius 1 is 1.19 bits per heavy atom. The average Bonchev–Trinajstić information content (AvgIpc) is 3.12. The lowest BCUT2D eigenvalue weighted by atomic mass is 10.1. The third-order valence-electron chi connectivity index (χ3n) is 3.84. The van der Waals surface area contributed by atoms with Gasteiger partial charge in [0.15, 0.2) is 11.5 Å². The molecular weight excluding hydrogens is 391 g/mol. The molecule has 0 aliphatic carbocycles. The van der Waals surface area contributed by atoms with Gasteiger partial charge in [-0.3, -0.25) is 4.79 Å². The first kappa shape index (κ1) is 19.3. The van der Waals surface area contributed by atoms with Crippen molar-refractivity contribution in [3.63, 3.8) is 0 Å². The number of halogens is 2. The van der Waals surface area contributed by atoms with Gasteiger partial charge in [0.1, 0.15) is 5.75 Å².